The van der Waals surface area contributed by atoms with Gasteiger partial charge < -0.3 is 15.4 Å². The first-order valence-electron chi connectivity index (χ1n) is 7.27. The van der Waals surface area contributed by atoms with Gasteiger partial charge in [-0.3, -0.25) is 0 Å². The van der Waals surface area contributed by atoms with E-state index >= 15 is 0 Å². The van der Waals surface area contributed by atoms with Crippen LogP contribution in [-0.2, 0) is 13.0 Å². The fraction of sp³-hybridized carbons (Fsp3) is 0.333. The molecule has 0 saturated carbocycles. The normalized spacial score (nSPS) is 10.5. The van der Waals surface area contributed by atoms with Gasteiger partial charge in [0.25, 0.3) is 0 Å². The molecular weight excluding hydrogens is 260 g/mol. The number of hydrogen-bond donors (Lipinski definition) is 1. The summed E-state index contributed by atoms with van der Waals surface area (Å²) in [6, 6.07) is 14.8. The van der Waals surface area contributed by atoms with Gasteiger partial charge in [-0.15, -0.1) is 0 Å². The van der Waals surface area contributed by atoms with Gasteiger partial charge in [0.1, 0.15) is 5.75 Å². The summed E-state index contributed by atoms with van der Waals surface area (Å²) in [6.07, 6.45) is 0.939. The first-order chi connectivity index (χ1) is 10.1. The Labute approximate surface area is 127 Å². The van der Waals surface area contributed by atoms with Crippen LogP contribution in [0.15, 0.2) is 42.5 Å². The highest BCUT2D eigenvalue weighted by Crippen LogP contribution is 2.21. The number of nitrogens with two attached hydrogens (primary N) is 1. The molecule has 3 heteroatoms. The van der Waals surface area contributed by atoms with Crippen LogP contribution in [0, 0.1) is 6.92 Å². The van der Waals surface area contributed by atoms with Crippen LogP contribution in [0.5, 0.6) is 5.75 Å². The van der Waals surface area contributed by atoms with Gasteiger partial charge in [0.15, 0.2) is 0 Å². The van der Waals surface area contributed by atoms with Crippen LogP contribution in [0.4, 0.5) is 5.69 Å². The molecule has 2 aromatic rings. The highest BCUT2D eigenvalue weighted by atomic mass is 16.5. The minimum atomic E-state index is 0.696. The largest absolute Gasteiger partial charge is 0.497 e. The maximum Gasteiger partial charge on any atom is 0.118 e. The van der Waals surface area contributed by atoms with E-state index in [2.05, 4.69) is 49.2 Å². The summed E-state index contributed by atoms with van der Waals surface area (Å²) in [5, 5.41) is 0. The second kappa shape index (κ2) is 7.14. The van der Waals surface area contributed by atoms with E-state index < -0.39 is 0 Å². The van der Waals surface area contributed by atoms with Crippen molar-refractivity contribution in [3.8, 4) is 5.75 Å². The Bertz CT molecular complexity index is 578. The van der Waals surface area contributed by atoms with Crippen LogP contribution < -0.4 is 15.4 Å². The van der Waals surface area contributed by atoms with Crippen LogP contribution in [0.3, 0.4) is 0 Å². The first-order valence-corrected chi connectivity index (χ1v) is 7.27. The Morgan fingerprint density at radius 2 is 1.81 bits per heavy atom. The van der Waals surface area contributed by atoms with Gasteiger partial charge in [0.05, 0.1) is 7.11 Å². The molecular formula is C18H24N2O. The van der Waals surface area contributed by atoms with E-state index in [4.69, 9.17) is 10.5 Å². The molecule has 0 aliphatic rings. The summed E-state index contributed by atoms with van der Waals surface area (Å²) < 4.78 is 5.19. The molecule has 21 heavy (non-hydrogen) atoms. The zero-order valence-electron chi connectivity index (χ0n) is 13.1. The van der Waals surface area contributed by atoms with Crippen molar-refractivity contribution in [2.45, 2.75) is 19.9 Å². The molecule has 0 fully saturated rings. The number of benzene rings is 2. The number of ether oxygens (including phenoxy) is 1. The van der Waals surface area contributed by atoms with E-state index in [1.165, 1.54) is 22.4 Å². The predicted octanol–water partition coefficient (Wildman–Crippen LogP) is 3.14. The Balaban J connectivity index is 2.08. The molecule has 0 atom stereocenters. The number of anilines is 1. The average Bonchev–Trinajstić information content (AvgIpc) is 2.50. The van der Waals surface area contributed by atoms with Gasteiger partial charge in [-0.25, -0.2) is 0 Å². The molecule has 0 unspecified atom stereocenters. The fourth-order valence-electron chi connectivity index (χ4n) is 2.45. The topological polar surface area (TPSA) is 38.5 Å². The van der Waals surface area contributed by atoms with Crippen molar-refractivity contribution in [2.24, 2.45) is 5.73 Å². The number of methoxy groups -OCH3 is 1. The highest BCUT2D eigenvalue weighted by Gasteiger charge is 2.05. The van der Waals surface area contributed by atoms with E-state index in [0.29, 0.717) is 6.54 Å². The van der Waals surface area contributed by atoms with Crippen molar-refractivity contribution in [3.05, 3.63) is 59.2 Å². The monoisotopic (exact) mass is 284 g/mol. The Hall–Kier alpha value is -2.00. The maximum atomic E-state index is 5.63. The van der Waals surface area contributed by atoms with Gasteiger partial charge in [-0.2, -0.15) is 0 Å². The Kier molecular flexibility index (Phi) is 5.23. The Morgan fingerprint density at radius 3 is 2.38 bits per heavy atom. The summed E-state index contributed by atoms with van der Waals surface area (Å²) >= 11 is 0. The van der Waals surface area contributed by atoms with Crippen LogP contribution in [0.2, 0.25) is 0 Å². The molecule has 0 radical (unpaired) electrons. The summed E-state index contributed by atoms with van der Waals surface area (Å²) in [4.78, 5) is 2.25. The lowest BCUT2D eigenvalue weighted by Gasteiger charge is -2.21. The highest BCUT2D eigenvalue weighted by molar-refractivity contribution is 5.51. The molecule has 0 amide bonds. The van der Waals surface area contributed by atoms with Crippen molar-refractivity contribution in [3.63, 3.8) is 0 Å². The van der Waals surface area contributed by atoms with E-state index in [1.807, 2.05) is 12.1 Å². The third-order valence-electron chi connectivity index (χ3n) is 3.76. The predicted molar refractivity (Wildman–Crippen MR) is 89.0 cm³/mol. The van der Waals surface area contributed by atoms with Crippen molar-refractivity contribution >= 4 is 5.69 Å². The van der Waals surface area contributed by atoms with Crippen molar-refractivity contribution < 1.29 is 4.74 Å². The van der Waals surface area contributed by atoms with Gasteiger partial charge >= 0.3 is 0 Å². The summed E-state index contributed by atoms with van der Waals surface area (Å²) in [6.45, 7) is 3.72. The molecule has 0 saturated heterocycles. The molecule has 0 heterocycles. The van der Waals surface area contributed by atoms with E-state index in [1.54, 1.807) is 7.11 Å². The second-order valence-corrected chi connectivity index (χ2v) is 5.35. The number of rotatable bonds is 6. The van der Waals surface area contributed by atoms with Crippen LogP contribution in [-0.4, -0.2) is 20.7 Å². The van der Waals surface area contributed by atoms with E-state index in [0.717, 1.165) is 18.7 Å². The van der Waals surface area contributed by atoms with Gasteiger partial charge in [0.2, 0.25) is 0 Å². The van der Waals surface area contributed by atoms with E-state index in [9.17, 15) is 0 Å². The molecule has 2 rings (SSSR count). The van der Waals surface area contributed by atoms with Gasteiger partial charge in [-0.1, -0.05) is 18.2 Å². The lowest BCUT2D eigenvalue weighted by Crippen LogP contribution is -2.16. The zero-order chi connectivity index (χ0) is 15.2. The smallest absolute Gasteiger partial charge is 0.118 e. The van der Waals surface area contributed by atoms with Crippen molar-refractivity contribution in [2.75, 3.05) is 25.6 Å². The molecule has 0 spiro atoms. The van der Waals surface area contributed by atoms with Crippen molar-refractivity contribution in [1.82, 2.24) is 0 Å². The fourth-order valence-corrected chi connectivity index (χ4v) is 2.45. The SMILES string of the molecule is COc1ccc(CN(C)c2ccc(CCN)c(C)c2)cc1. The van der Waals surface area contributed by atoms with Crippen LogP contribution >= 0.6 is 0 Å². The molecule has 2 N–H and O–H groups in total. The third kappa shape index (κ3) is 3.99. The lowest BCUT2D eigenvalue weighted by molar-refractivity contribution is 0.414. The number of hydrogen-bond acceptors (Lipinski definition) is 3. The van der Waals surface area contributed by atoms with E-state index in [-0.39, 0.29) is 0 Å². The number of nitrogens with zero attached hydrogens (tertiary/aromatic N) is 1. The summed E-state index contributed by atoms with van der Waals surface area (Å²) in [5.74, 6) is 0.892. The van der Waals surface area contributed by atoms with Crippen LogP contribution in [0.1, 0.15) is 16.7 Å². The molecule has 0 aromatic heterocycles. The average molecular weight is 284 g/mol. The third-order valence-corrected chi connectivity index (χ3v) is 3.76. The minimum Gasteiger partial charge on any atom is -0.497 e. The zero-order valence-corrected chi connectivity index (χ0v) is 13.1. The second-order valence-electron chi connectivity index (χ2n) is 5.35. The molecule has 0 aliphatic heterocycles. The first kappa shape index (κ1) is 15.4. The molecule has 112 valence electrons. The molecule has 0 aliphatic carbocycles. The molecule has 2 aromatic carbocycles. The van der Waals surface area contributed by atoms with Gasteiger partial charge in [0, 0.05) is 19.3 Å². The van der Waals surface area contributed by atoms with Crippen LogP contribution in [0.25, 0.3) is 0 Å². The minimum absolute atomic E-state index is 0.696. The maximum absolute atomic E-state index is 5.63. The standard InChI is InChI=1S/C18H24N2O/c1-14-12-17(7-6-16(14)10-11-19)20(2)13-15-4-8-18(21-3)9-5-15/h4-9,12H,10-11,13,19H2,1-3H3. The summed E-state index contributed by atoms with van der Waals surface area (Å²) in [5.41, 5.74) is 10.8. The van der Waals surface area contributed by atoms with Gasteiger partial charge in [-0.05, 0) is 60.8 Å². The molecule has 0 bridgehead atoms. The molecule has 3 nitrogen and oxygen atoms in total. The Morgan fingerprint density at radius 1 is 1.10 bits per heavy atom. The van der Waals surface area contributed by atoms with Crippen molar-refractivity contribution in [1.29, 1.82) is 0 Å². The lowest BCUT2D eigenvalue weighted by atomic mass is 10.0. The summed E-state index contributed by atoms with van der Waals surface area (Å²) in [7, 11) is 3.80. The number of aryl methyl sites for hydroxylation is 1. The quantitative estimate of drug-likeness (QED) is 0.885.